The number of ether oxygens (including phenoxy) is 2. The molecule has 0 fully saturated rings. The van der Waals surface area contributed by atoms with Gasteiger partial charge in [-0.2, -0.15) is 0 Å². The summed E-state index contributed by atoms with van der Waals surface area (Å²) in [6, 6.07) is 9.23. The predicted molar refractivity (Wildman–Crippen MR) is 104 cm³/mol. The Morgan fingerprint density at radius 3 is 2.07 bits per heavy atom. The minimum atomic E-state index is -1.62. The van der Waals surface area contributed by atoms with Crippen molar-refractivity contribution in [2.45, 2.75) is 72.3 Å². The summed E-state index contributed by atoms with van der Waals surface area (Å²) < 4.78 is 10.8. The van der Waals surface area contributed by atoms with Gasteiger partial charge in [-0.05, 0) is 38.2 Å². The second-order valence-corrected chi connectivity index (χ2v) is 8.40. The van der Waals surface area contributed by atoms with Gasteiger partial charge in [-0.15, -0.1) is 0 Å². The van der Waals surface area contributed by atoms with Crippen LogP contribution in [0.2, 0.25) is 0 Å². The third-order valence-electron chi connectivity index (χ3n) is 4.27. The number of hydrogen-bond donors (Lipinski definition) is 2. The fraction of sp³-hybridized carbons (Fsp3) is 0.619. The molecule has 0 radical (unpaired) electrons. The molecule has 0 saturated carbocycles. The Morgan fingerprint density at radius 2 is 1.63 bits per heavy atom. The van der Waals surface area contributed by atoms with Crippen molar-refractivity contribution >= 4 is 12.1 Å². The SMILES string of the molecule is CC(C)[C@@H](O)[C@](NC(=O)OCc1ccccc1)(C(=O)OC(C)(C)C)C(C)C. The molecule has 0 spiro atoms. The summed E-state index contributed by atoms with van der Waals surface area (Å²) in [6.07, 6.45) is -1.92. The number of amides is 1. The minimum Gasteiger partial charge on any atom is -0.458 e. The van der Waals surface area contributed by atoms with Crippen LogP contribution >= 0.6 is 0 Å². The molecule has 6 heteroatoms. The van der Waals surface area contributed by atoms with Gasteiger partial charge in [-0.1, -0.05) is 58.0 Å². The molecule has 27 heavy (non-hydrogen) atoms. The zero-order valence-corrected chi connectivity index (χ0v) is 17.4. The molecule has 1 aromatic carbocycles. The third-order valence-corrected chi connectivity index (χ3v) is 4.27. The monoisotopic (exact) mass is 379 g/mol. The summed E-state index contributed by atoms with van der Waals surface area (Å²) in [5.41, 5.74) is -1.55. The van der Waals surface area contributed by atoms with E-state index in [0.29, 0.717) is 0 Å². The van der Waals surface area contributed by atoms with Gasteiger partial charge >= 0.3 is 12.1 Å². The molecular formula is C21H33NO5. The van der Waals surface area contributed by atoms with E-state index >= 15 is 0 Å². The first-order valence-corrected chi connectivity index (χ1v) is 9.30. The molecule has 1 rings (SSSR count). The van der Waals surface area contributed by atoms with Crippen LogP contribution in [0.3, 0.4) is 0 Å². The molecule has 0 aliphatic carbocycles. The zero-order chi connectivity index (χ0) is 20.8. The molecule has 0 bridgehead atoms. The van der Waals surface area contributed by atoms with Crippen molar-refractivity contribution in [3.63, 3.8) is 0 Å². The van der Waals surface area contributed by atoms with Gasteiger partial charge in [0, 0.05) is 0 Å². The average Bonchev–Trinajstić information content (AvgIpc) is 2.56. The van der Waals surface area contributed by atoms with Crippen LogP contribution < -0.4 is 5.32 Å². The molecule has 2 atom stereocenters. The van der Waals surface area contributed by atoms with E-state index in [4.69, 9.17) is 9.47 Å². The van der Waals surface area contributed by atoms with E-state index in [1.54, 1.807) is 48.5 Å². The van der Waals surface area contributed by atoms with Crippen LogP contribution in [0.4, 0.5) is 4.79 Å². The molecule has 0 aliphatic rings. The number of carbonyl (C=O) groups is 2. The van der Waals surface area contributed by atoms with E-state index in [2.05, 4.69) is 5.32 Å². The lowest BCUT2D eigenvalue weighted by Crippen LogP contribution is -2.67. The molecule has 0 heterocycles. The number of nitrogens with one attached hydrogen (secondary N) is 1. The maximum atomic E-state index is 13.0. The highest BCUT2D eigenvalue weighted by Gasteiger charge is 2.53. The summed E-state index contributed by atoms with van der Waals surface area (Å²) in [5.74, 6) is -1.38. The van der Waals surface area contributed by atoms with Gasteiger partial charge in [0.25, 0.3) is 0 Å². The van der Waals surface area contributed by atoms with Crippen molar-refractivity contribution in [3.05, 3.63) is 35.9 Å². The number of aliphatic hydroxyl groups is 1. The van der Waals surface area contributed by atoms with Crippen LogP contribution in [-0.4, -0.2) is 34.4 Å². The maximum Gasteiger partial charge on any atom is 0.408 e. The lowest BCUT2D eigenvalue weighted by molar-refractivity contribution is -0.173. The lowest BCUT2D eigenvalue weighted by Gasteiger charge is -2.42. The van der Waals surface area contributed by atoms with Gasteiger partial charge in [0.1, 0.15) is 12.2 Å². The molecule has 0 saturated heterocycles. The second kappa shape index (κ2) is 9.22. The number of aliphatic hydroxyl groups excluding tert-OH is 1. The van der Waals surface area contributed by atoms with Crippen molar-refractivity contribution < 1.29 is 24.2 Å². The highest BCUT2D eigenvalue weighted by atomic mass is 16.6. The first kappa shape index (κ1) is 23.0. The van der Waals surface area contributed by atoms with E-state index in [0.717, 1.165) is 5.56 Å². The van der Waals surface area contributed by atoms with Gasteiger partial charge in [-0.25, -0.2) is 9.59 Å². The van der Waals surface area contributed by atoms with Gasteiger partial charge in [0.2, 0.25) is 0 Å². The molecule has 0 aromatic heterocycles. The minimum absolute atomic E-state index is 0.0624. The summed E-state index contributed by atoms with van der Waals surface area (Å²) in [5, 5.41) is 13.5. The molecule has 0 unspecified atom stereocenters. The van der Waals surface area contributed by atoms with Crippen LogP contribution in [0.1, 0.15) is 54.0 Å². The van der Waals surface area contributed by atoms with E-state index in [1.807, 2.05) is 30.3 Å². The summed E-state index contributed by atoms with van der Waals surface area (Å²) in [6.45, 7) is 12.4. The fourth-order valence-electron chi connectivity index (χ4n) is 2.78. The van der Waals surface area contributed by atoms with Crippen LogP contribution in [0.25, 0.3) is 0 Å². The average molecular weight is 379 g/mol. The van der Waals surface area contributed by atoms with E-state index in [-0.39, 0.29) is 12.5 Å². The Labute approximate surface area is 162 Å². The van der Waals surface area contributed by atoms with Crippen molar-refractivity contribution in [1.82, 2.24) is 5.32 Å². The van der Waals surface area contributed by atoms with Gasteiger partial charge in [-0.3, -0.25) is 0 Å². The molecule has 1 amide bonds. The van der Waals surface area contributed by atoms with Crippen molar-refractivity contribution in [1.29, 1.82) is 0 Å². The number of hydrogen-bond acceptors (Lipinski definition) is 5. The Hall–Kier alpha value is -2.08. The number of rotatable bonds is 7. The molecule has 152 valence electrons. The number of esters is 1. The van der Waals surface area contributed by atoms with Crippen molar-refractivity contribution in [2.75, 3.05) is 0 Å². The quantitative estimate of drug-likeness (QED) is 0.706. The highest BCUT2D eigenvalue weighted by Crippen LogP contribution is 2.30. The van der Waals surface area contributed by atoms with E-state index in [9.17, 15) is 14.7 Å². The van der Waals surface area contributed by atoms with E-state index in [1.165, 1.54) is 0 Å². The highest BCUT2D eigenvalue weighted by molar-refractivity contribution is 5.87. The van der Waals surface area contributed by atoms with Crippen LogP contribution in [0.5, 0.6) is 0 Å². The third kappa shape index (κ3) is 6.24. The summed E-state index contributed by atoms with van der Waals surface area (Å²) in [7, 11) is 0. The van der Waals surface area contributed by atoms with Crippen molar-refractivity contribution in [2.24, 2.45) is 11.8 Å². The Morgan fingerprint density at radius 1 is 1.07 bits per heavy atom. The smallest absolute Gasteiger partial charge is 0.408 e. The Kier molecular flexibility index (Phi) is 7.84. The molecule has 0 aliphatic heterocycles. The van der Waals surface area contributed by atoms with Gasteiger partial charge < -0.3 is 19.9 Å². The number of carbonyl (C=O) groups excluding carboxylic acids is 2. The Balaban J connectivity index is 3.08. The predicted octanol–water partition coefficient (Wildman–Crippen LogP) is 3.67. The number of alkyl carbamates (subject to hydrolysis) is 1. The first-order valence-electron chi connectivity index (χ1n) is 9.30. The normalized spacial score (nSPS) is 15.2. The van der Waals surface area contributed by atoms with Gasteiger partial charge in [0.05, 0.1) is 6.10 Å². The summed E-state index contributed by atoms with van der Waals surface area (Å²) >= 11 is 0. The van der Waals surface area contributed by atoms with Gasteiger partial charge in [0.15, 0.2) is 5.54 Å². The summed E-state index contributed by atoms with van der Waals surface area (Å²) in [4.78, 5) is 25.5. The number of benzene rings is 1. The van der Waals surface area contributed by atoms with Crippen LogP contribution in [-0.2, 0) is 20.9 Å². The fourth-order valence-corrected chi connectivity index (χ4v) is 2.78. The van der Waals surface area contributed by atoms with Crippen LogP contribution in [0, 0.1) is 11.8 Å². The van der Waals surface area contributed by atoms with Crippen molar-refractivity contribution in [3.8, 4) is 0 Å². The largest absolute Gasteiger partial charge is 0.458 e. The Bertz CT molecular complexity index is 621. The molecule has 1 aromatic rings. The van der Waals surface area contributed by atoms with E-state index < -0.39 is 35.2 Å². The second-order valence-electron chi connectivity index (χ2n) is 8.40. The van der Waals surface area contributed by atoms with Crippen LogP contribution in [0.15, 0.2) is 30.3 Å². The lowest BCUT2D eigenvalue weighted by atomic mass is 9.76. The molecule has 2 N–H and O–H groups in total. The molecular weight excluding hydrogens is 346 g/mol. The first-order chi connectivity index (χ1) is 12.4. The topological polar surface area (TPSA) is 84.9 Å². The zero-order valence-electron chi connectivity index (χ0n) is 17.4. The standard InChI is InChI=1S/C21H33NO5/c1-14(2)17(23)21(15(3)4,18(24)27-20(5,6)7)22-19(25)26-13-16-11-9-8-10-12-16/h8-12,14-15,17,23H,13H2,1-7H3,(H,22,25)/t17-,21+/m1/s1. The molecule has 6 nitrogen and oxygen atoms in total. The maximum absolute atomic E-state index is 13.0.